The summed E-state index contributed by atoms with van der Waals surface area (Å²) in [6.07, 6.45) is 10.0. The maximum absolute atomic E-state index is 12.6. The third-order valence-electron chi connectivity index (χ3n) is 7.36. The van der Waals surface area contributed by atoms with E-state index in [1.165, 1.54) is 10.9 Å². The smallest absolute Gasteiger partial charge is 0.369 e. The third kappa shape index (κ3) is 4.94. The van der Waals surface area contributed by atoms with Gasteiger partial charge in [-0.1, -0.05) is 30.7 Å². The number of rotatable bonds is 7. The van der Waals surface area contributed by atoms with E-state index in [2.05, 4.69) is 20.1 Å². The highest BCUT2D eigenvalue weighted by Crippen LogP contribution is 2.45. The first-order chi connectivity index (χ1) is 17.9. The van der Waals surface area contributed by atoms with E-state index in [1.807, 2.05) is 24.3 Å². The molecule has 0 spiro atoms. The first-order valence-corrected chi connectivity index (χ1v) is 12.3. The first kappa shape index (κ1) is 24.6. The van der Waals surface area contributed by atoms with E-state index in [4.69, 9.17) is 21.0 Å². The fourth-order valence-electron chi connectivity index (χ4n) is 4.90. The number of amidine groups is 1. The van der Waals surface area contributed by atoms with Gasteiger partial charge in [0, 0.05) is 44.4 Å². The highest BCUT2D eigenvalue weighted by molar-refractivity contribution is 6.04. The van der Waals surface area contributed by atoms with Crippen molar-refractivity contribution in [3.8, 4) is 11.1 Å². The molecular weight excluding hydrogens is 472 g/mol. The molecule has 11 heteroatoms. The molecule has 5 N–H and O–H groups in total. The summed E-state index contributed by atoms with van der Waals surface area (Å²) >= 11 is 0. The lowest BCUT2D eigenvalue weighted by molar-refractivity contribution is -0.131. The molecule has 1 saturated carbocycles. The Morgan fingerprint density at radius 2 is 1.95 bits per heavy atom. The summed E-state index contributed by atoms with van der Waals surface area (Å²) in [5.74, 6) is 0.327. The van der Waals surface area contributed by atoms with E-state index >= 15 is 0 Å². The van der Waals surface area contributed by atoms with E-state index in [0.29, 0.717) is 18.7 Å². The number of hydrogen-bond donors (Lipinski definition) is 2. The van der Waals surface area contributed by atoms with Crippen LogP contribution in [0.15, 0.2) is 54.0 Å². The van der Waals surface area contributed by atoms with Gasteiger partial charge in [-0.15, -0.1) is 4.99 Å². The zero-order valence-corrected chi connectivity index (χ0v) is 20.7. The Labute approximate surface area is 214 Å². The molecule has 0 radical (unpaired) electrons. The van der Waals surface area contributed by atoms with E-state index in [1.54, 1.807) is 30.6 Å². The predicted octanol–water partition coefficient (Wildman–Crippen LogP) is 1.74. The Balaban J connectivity index is 1.27. The number of likely N-dealkylation sites (tertiary alicyclic amines) is 1. The summed E-state index contributed by atoms with van der Waals surface area (Å²) in [7, 11) is 1.66. The number of benzene rings is 1. The van der Waals surface area contributed by atoms with Crippen molar-refractivity contribution < 1.29 is 14.6 Å². The lowest BCUT2D eigenvalue weighted by Gasteiger charge is -2.41. The largest absolute Gasteiger partial charge is 0.578 e. The number of nitrogens with zero attached hydrogens (tertiary/aromatic N) is 6. The average molecular weight is 504 g/mol. The summed E-state index contributed by atoms with van der Waals surface area (Å²) < 4.78 is 6.85. The second-order valence-corrected chi connectivity index (χ2v) is 9.56. The van der Waals surface area contributed by atoms with E-state index in [0.717, 1.165) is 42.4 Å². The van der Waals surface area contributed by atoms with Gasteiger partial charge in [0.05, 0.1) is 17.7 Å². The topological polar surface area (TPSA) is 158 Å². The van der Waals surface area contributed by atoms with Crippen LogP contribution in [0.25, 0.3) is 11.1 Å². The van der Waals surface area contributed by atoms with Gasteiger partial charge in [0.25, 0.3) is 0 Å². The maximum atomic E-state index is 12.6. The Morgan fingerprint density at radius 3 is 2.57 bits per heavy atom. The summed E-state index contributed by atoms with van der Waals surface area (Å²) in [5.41, 5.74) is 8.37. The van der Waals surface area contributed by atoms with Gasteiger partial charge >= 0.3 is 5.90 Å². The van der Waals surface area contributed by atoms with Gasteiger partial charge in [-0.25, -0.2) is 9.97 Å². The number of nitrogens with two attached hydrogens (primary N) is 1. The van der Waals surface area contributed by atoms with Gasteiger partial charge in [0.1, 0.15) is 17.9 Å². The number of hydrogen-bond acceptors (Lipinski definition) is 7. The molecule has 2 fully saturated rings. The number of ether oxygens (including phenoxy) is 1. The molecule has 2 aliphatic rings. The molecule has 1 unspecified atom stereocenters. The summed E-state index contributed by atoms with van der Waals surface area (Å²) in [5, 5.41) is 21.5. The van der Waals surface area contributed by atoms with Gasteiger partial charge in [-0.2, -0.15) is 5.10 Å². The molecule has 1 aliphatic heterocycles. The number of nitrogens with one attached hydrogen (secondary N) is 1. The van der Waals surface area contributed by atoms with Crippen LogP contribution in [-0.2, 0) is 21.5 Å². The van der Waals surface area contributed by atoms with Crippen LogP contribution in [0.3, 0.4) is 0 Å². The third-order valence-corrected chi connectivity index (χ3v) is 7.36. The van der Waals surface area contributed by atoms with Crippen LogP contribution in [0.1, 0.15) is 36.8 Å². The van der Waals surface area contributed by atoms with Crippen molar-refractivity contribution in [1.82, 2.24) is 24.6 Å². The summed E-state index contributed by atoms with van der Waals surface area (Å²) in [6.45, 7) is 1.35. The summed E-state index contributed by atoms with van der Waals surface area (Å²) in [4.78, 5) is 26.8. The molecule has 1 aliphatic carbocycles. The highest BCUT2D eigenvalue weighted by Gasteiger charge is 2.43. The average Bonchev–Trinajstić information content (AvgIpc) is 3.54. The van der Waals surface area contributed by atoms with Gasteiger partial charge < -0.3 is 20.5 Å². The number of aliphatic imine (C=N–C) groups is 1. The minimum Gasteiger partial charge on any atom is -0.578 e. The molecular formula is C26H31N8O3+. The van der Waals surface area contributed by atoms with Crippen LogP contribution >= 0.6 is 0 Å². The monoisotopic (exact) mass is 503 g/mol. The van der Waals surface area contributed by atoms with Crippen molar-refractivity contribution >= 4 is 23.6 Å². The normalized spacial score (nSPS) is 19.0. The molecule has 1 saturated heterocycles. The van der Waals surface area contributed by atoms with E-state index in [-0.39, 0.29) is 36.2 Å². The second kappa shape index (κ2) is 10.1. The fraction of sp³-hybridized carbons (Fsp3) is 0.385. The number of aromatic nitrogens is 4. The molecule has 0 bridgehead atoms. The molecule has 1 amide bonds. The Hall–Kier alpha value is -4.12. The fourth-order valence-corrected chi connectivity index (χ4v) is 4.90. The van der Waals surface area contributed by atoms with Crippen molar-refractivity contribution in [2.45, 2.75) is 43.7 Å². The van der Waals surface area contributed by atoms with Crippen molar-refractivity contribution in [3.05, 3.63) is 60.2 Å². The predicted molar refractivity (Wildman–Crippen MR) is 140 cm³/mol. The van der Waals surface area contributed by atoms with E-state index in [9.17, 15) is 4.79 Å². The number of amides is 1. The Kier molecular flexibility index (Phi) is 6.70. The molecule has 1 aromatic carbocycles. The SMILES string of the molecule is COC1CCN(C(=O)Cn2cc(C([OH2+])=NC(=N)C3(c4ccc(-c5cnc(N)nc5)cc4)CCC3)cn2)C1. The lowest BCUT2D eigenvalue weighted by Crippen LogP contribution is -2.41. The van der Waals surface area contributed by atoms with Crippen molar-refractivity contribution in [1.29, 1.82) is 5.41 Å². The zero-order valence-electron chi connectivity index (χ0n) is 20.7. The van der Waals surface area contributed by atoms with Crippen molar-refractivity contribution in [2.24, 2.45) is 4.99 Å². The number of methoxy groups -OCH3 is 1. The van der Waals surface area contributed by atoms with Crippen molar-refractivity contribution in [2.75, 3.05) is 25.9 Å². The van der Waals surface area contributed by atoms with E-state index < -0.39 is 5.41 Å². The van der Waals surface area contributed by atoms with Crippen LogP contribution in [0.2, 0.25) is 0 Å². The molecule has 3 aromatic rings. The standard InChI is InChI=1S/C26H30N8O3/c1-37-21-7-10-33(15-21)22(35)16-34-14-19(13-31-34)23(36)32-24(27)26(8-2-9-26)20-5-3-17(4-6-20)18-11-29-25(28)30-12-18/h3-6,11-14,21H,2,7-10,15-16H2,1H3,(H2,27,32,36)(H2,28,29,30)/p+1. The zero-order chi connectivity index (χ0) is 26.0. The Morgan fingerprint density at radius 1 is 1.22 bits per heavy atom. The number of carbonyl (C=O) groups excluding carboxylic acids is 1. The van der Waals surface area contributed by atoms with Gasteiger partial charge in [0.2, 0.25) is 11.9 Å². The van der Waals surface area contributed by atoms with Crippen molar-refractivity contribution in [3.63, 3.8) is 0 Å². The molecule has 192 valence electrons. The van der Waals surface area contributed by atoms with Crippen LogP contribution < -0.4 is 5.73 Å². The molecule has 1 atom stereocenters. The number of anilines is 1. The number of carbonyl (C=O) groups is 1. The van der Waals surface area contributed by atoms with Crippen LogP contribution in [0, 0.1) is 5.41 Å². The van der Waals surface area contributed by atoms with Crippen LogP contribution in [0.4, 0.5) is 5.95 Å². The highest BCUT2D eigenvalue weighted by atomic mass is 16.5. The molecule has 5 rings (SSSR count). The summed E-state index contributed by atoms with van der Waals surface area (Å²) in [6, 6.07) is 7.99. The molecule has 3 heterocycles. The maximum Gasteiger partial charge on any atom is 0.369 e. The Bertz CT molecular complexity index is 1310. The second-order valence-electron chi connectivity index (χ2n) is 9.56. The molecule has 37 heavy (non-hydrogen) atoms. The van der Waals surface area contributed by atoms with Gasteiger partial charge in [0.15, 0.2) is 0 Å². The van der Waals surface area contributed by atoms with Crippen LogP contribution in [-0.4, -0.2) is 73.7 Å². The molecule has 2 aromatic heterocycles. The minimum absolute atomic E-state index is 0.0344. The first-order valence-electron chi connectivity index (χ1n) is 12.3. The molecule has 11 nitrogen and oxygen atoms in total. The van der Waals surface area contributed by atoms with Gasteiger partial charge in [-0.3, -0.25) is 14.9 Å². The number of nitrogen functional groups attached to an aromatic ring is 1. The van der Waals surface area contributed by atoms with Gasteiger partial charge in [-0.05, 0) is 30.4 Å². The van der Waals surface area contributed by atoms with Crippen LogP contribution in [0.5, 0.6) is 0 Å². The lowest BCUT2D eigenvalue weighted by atomic mass is 9.63. The minimum atomic E-state index is -0.512. The quantitative estimate of drug-likeness (QED) is 0.284.